The number of nitrogens with zero attached hydrogens (tertiary/aromatic N) is 1. The third-order valence-electron chi connectivity index (χ3n) is 4.77. The van der Waals surface area contributed by atoms with E-state index < -0.39 is 0 Å². The van der Waals surface area contributed by atoms with Gasteiger partial charge in [0.05, 0.1) is 7.11 Å². The van der Waals surface area contributed by atoms with E-state index >= 15 is 0 Å². The fourth-order valence-corrected chi connectivity index (χ4v) is 3.44. The first-order chi connectivity index (χ1) is 11.5. The van der Waals surface area contributed by atoms with Crippen LogP contribution in [-0.4, -0.2) is 30.0 Å². The van der Waals surface area contributed by atoms with Crippen LogP contribution in [-0.2, 0) is 0 Å². The lowest BCUT2D eigenvalue weighted by molar-refractivity contribution is 0.0479. The lowest BCUT2D eigenvalue weighted by Gasteiger charge is -2.38. The number of anilines is 1. The number of hydrogen-bond acceptors (Lipinski definition) is 4. The molecule has 1 saturated heterocycles. The number of amides is 1. The van der Waals surface area contributed by atoms with Gasteiger partial charge in [-0.25, -0.2) is 0 Å². The number of ether oxygens (including phenoxy) is 1. The van der Waals surface area contributed by atoms with Gasteiger partial charge in [-0.3, -0.25) is 4.79 Å². The van der Waals surface area contributed by atoms with Gasteiger partial charge in [-0.05, 0) is 57.4 Å². The maximum Gasteiger partial charge on any atom is 0.290 e. The van der Waals surface area contributed by atoms with Crippen LogP contribution in [0.2, 0.25) is 0 Å². The molecule has 5 nitrogen and oxygen atoms in total. The fraction of sp³-hybridized carbons (Fsp3) is 0.421. The van der Waals surface area contributed by atoms with Crippen molar-refractivity contribution in [1.82, 2.24) is 4.90 Å². The molecule has 1 aliphatic rings. The van der Waals surface area contributed by atoms with Crippen molar-refractivity contribution in [2.75, 3.05) is 12.8 Å². The quantitative estimate of drug-likeness (QED) is 0.867. The van der Waals surface area contributed by atoms with Gasteiger partial charge in [0.15, 0.2) is 5.76 Å². The minimum Gasteiger partial charge on any atom is -0.497 e. The highest BCUT2D eigenvalue weighted by Gasteiger charge is 2.31. The molecule has 1 aromatic carbocycles. The SMILES string of the molecule is COc1ccc(-c2ccc(C(=O)N3[C@H](C)CCC[C@H]3C)o2)c(N)c1. The van der Waals surface area contributed by atoms with Crippen LogP contribution in [0.25, 0.3) is 11.3 Å². The number of carbonyl (C=O) groups is 1. The number of furan rings is 1. The molecule has 0 bridgehead atoms. The zero-order chi connectivity index (χ0) is 17.3. The Morgan fingerprint density at radius 1 is 1.21 bits per heavy atom. The van der Waals surface area contributed by atoms with Gasteiger partial charge in [-0.2, -0.15) is 0 Å². The summed E-state index contributed by atoms with van der Waals surface area (Å²) >= 11 is 0. The van der Waals surface area contributed by atoms with Crippen LogP contribution in [0.15, 0.2) is 34.7 Å². The second kappa shape index (κ2) is 6.59. The van der Waals surface area contributed by atoms with Crippen LogP contribution in [0, 0.1) is 0 Å². The summed E-state index contributed by atoms with van der Waals surface area (Å²) in [4.78, 5) is 14.8. The van der Waals surface area contributed by atoms with E-state index in [4.69, 9.17) is 14.9 Å². The van der Waals surface area contributed by atoms with Crippen LogP contribution in [0.3, 0.4) is 0 Å². The van der Waals surface area contributed by atoms with Crippen molar-refractivity contribution in [3.05, 3.63) is 36.1 Å². The molecule has 5 heteroatoms. The highest BCUT2D eigenvalue weighted by molar-refractivity contribution is 5.93. The molecule has 2 heterocycles. The first kappa shape index (κ1) is 16.4. The van der Waals surface area contributed by atoms with Crippen molar-refractivity contribution in [3.8, 4) is 17.1 Å². The van der Waals surface area contributed by atoms with Crippen LogP contribution in [0.4, 0.5) is 5.69 Å². The average Bonchev–Trinajstić information content (AvgIpc) is 3.04. The van der Waals surface area contributed by atoms with E-state index in [1.807, 2.05) is 17.0 Å². The second-order valence-electron chi connectivity index (χ2n) is 6.46. The zero-order valence-electron chi connectivity index (χ0n) is 14.4. The van der Waals surface area contributed by atoms with Gasteiger partial charge in [-0.1, -0.05) is 0 Å². The molecule has 2 atom stereocenters. The van der Waals surface area contributed by atoms with Gasteiger partial charge in [-0.15, -0.1) is 0 Å². The highest BCUT2D eigenvalue weighted by atomic mass is 16.5. The first-order valence-electron chi connectivity index (χ1n) is 8.37. The number of methoxy groups -OCH3 is 1. The Labute approximate surface area is 142 Å². The van der Waals surface area contributed by atoms with E-state index in [1.54, 1.807) is 25.3 Å². The number of nitrogens with two attached hydrogens (primary N) is 1. The Morgan fingerprint density at radius 3 is 2.54 bits per heavy atom. The lowest BCUT2D eigenvalue weighted by atomic mass is 9.97. The Bertz CT molecular complexity index is 728. The number of rotatable bonds is 3. The summed E-state index contributed by atoms with van der Waals surface area (Å²) in [5, 5.41) is 0. The Balaban J connectivity index is 1.86. The molecule has 2 aromatic rings. The molecular weight excluding hydrogens is 304 g/mol. The van der Waals surface area contributed by atoms with Crippen LogP contribution in [0.1, 0.15) is 43.7 Å². The molecule has 1 aromatic heterocycles. The molecule has 1 aliphatic heterocycles. The third-order valence-corrected chi connectivity index (χ3v) is 4.77. The van der Waals surface area contributed by atoms with Gasteiger partial charge >= 0.3 is 0 Å². The molecule has 0 saturated carbocycles. The molecule has 1 amide bonds. The molecule has 0 radical (unpaired) electrons. The molecule has 0 spiro atoms. The van der Waals surface area contributed by atoms with Crippen LogP contribution < -0.4 is 10.5 Å². The van der Waals surface area contributed by atoms with E-state index in [-0.39, 0.29) is 18.0 Å². The molecule has 3 rings (SSSR count). The molecule has 128 valence electrons. The minimum absolute atomic E-state index is 0.0481. The zero-order valence-corrected chi connectivity index (χ0v) is 14.4. The van der Waals surface area contributed by atoms with E-state index in [0.717, 1.165) is 24.8 Å². The number of carbonyl (C=O) groups excluding carboxylic acids is 1. The van der Waals surface area contributed by atoms with Crippen molar-refractivity contribution >= 4 is 11.6 Å². The lowest BCUT2D eigenvalue weighted by Crippen LogP contribution is -2.47. The van der Waals surface area contributed by atoms with Crippen molar-refractivity contribution in [2.24, 2.45) is 0 Å². The molecule has 1 fully saturated rings. The second-order valence-corrected chi connectivity index (χ2v) is 6.46. The highest BCUT2D eigenvalue weighted by Crippen LogP contribution is 2.32. The average molecular weight is 328 g/mol. The molecular formula is C19H24N2O3. The number of likely N-dealkylation sites (tertiary alicyclic amines) is 1. The number of benzene rings is 1. The van der Waals surface area contributed by atoms with E-state index in [1.165, 1.54) is 0 Å². The van der Waals surface area contributed by atoms with Crippen LogP contribution in [0.5, 0.6) is 5.75 Å². The Morgan fingerprint density at radius 2 is 1.92 bits per heavy atom. The standard InChI is InChI=1S/C19H24N2O3/c1-12-5-4-6-13(2)21(12)19(22)18-10-9-17(24-18)15-8-7-14(23-3)11-16(15)20/h7-13H,4-6,20H2,1-3H3/t12-,13-/m1/s1. The normalized spacial score (nSPS) is 20.9. The maximum atomic E-state index is 12.8. The van der Waals surface area contributed by atoms with Crippen molar-refractivity contribution in [2.45, 2.75) is 45.2 Å². The summed E-state index contributed by atoms with van der Waals surface area (Å²) in [5.41, 5.74) is 7.38. The summed E-state index contributed by atoms with van der Waals surface area (Å²) < 4.78 is 11.0. The molecule has 0 aliphatic carbocycles. The van der Waals surface area contributed by atoms with Crippen molar-refractivity contribution in [1.29, 1.82) is 0 Å². The summed E-state index contributed by atoms with van der Waals surface area (Å²) in [6, 6.07) is 9.41. The summed E-state index contributed by atoms with van der Waals surface area (Å²) in [7, 11) is 1.60. The van der Waals surface area contributed by atoms with Gasteiger partial charge in [0, 0.05) is 29.4 Å². The monoisotopic (exact) mass is 328 g/mol. The van der Waals surface area contributed by atoms with Crippen LogP contribution >= 0.6 is 0 Å². The fourth-order valence-electron chi connectivity index (χ4n) is 3.44. The topological polar surface area (TPSA) is 68.7 Å². The van der Waals surface area contributed by atoms with Gasteiger partial charge < -0.3 is 19.8 Å². The summed E-state index contributed by atoms with van der Waals surface area (Å²) in [6.45, 7) is 4.19. The Hall–Kier alpha value is -2.43. The molecule has 0 unspecified atom stereocenters. The first-order valence-corrected chi connectivity index (χ1v) is 8.37. The Kier molecular flexibility index (Phi) is 4.51. The summed E-state index contributed by atoms with van der Waals surface area (Å²) in [6.07, 6.45) is 3.24. The van der Waals surface area contributed by atoms with E-state index in [2.05, 4.69) is 13.8 Å². The summed E-state index contributed by atoms with van der Waals surface area (Å²) in [5.74, 6) is 1.60. The number of hydrogen-bond donors (Lipinski definition) is 1. The predicted molar refractivity (Wildman–Crippen MR) is 94.1 cm³/mol. The number of piperidine rings is 1. The van der Waals surface area contributed by atoms with E-state index in [9.17, 15) is 4.79 Å². The third kappa shape index (κ3) is 2.98. The predicted octanol–water partition coefficient (Wildman–Crippen LogP) is 3.94. The van der Waals surface area contributed by atoms with Crippen molar-refractivity contribution in [3.63, 3.8) is 0 Å². The minimum atomic E-state index is -0.0481. The maximum absolute atomic E-state index is 12.8. The molecule has 24 heavy (non-hydrogen) atoms. The largest absolute Gasteiger partial charge is 0.497 e. The van der Waals surface area contributed by atoms with Crippen molar-refractivity contribution < 1.29 is 13.9 Å². The number of nitrogen functional groups attached to an aromatic ring is 1. The van der Waals surface area contributed by atoms with Gasteiger partial charge in [0.25, 0.3) is 5.91 Å². The van der Waals surface area contributed by atoms with E-state index in [0.29, 0.717) is 23.0 Å². The van der Waals surface area contributed by atoms with Gasteiger partial charge in [0.2, 0.25) is 0 Å². The van der Waals surface area contributed by atoms with Gasteiger partial charge in [0.1, 0.15) is 11.5 Å². The smallest absolute Gasteiger partial charge is 0.290 e. The molecule has 2 N–H and O–H groups in total.